The predicted molar refractivity (Wildman–Crippen MR) is 70.1 cm³/mol. The van der Waals surface area contributed by atoms with Crippen molar-refractivity contribution in [2.45, 2.75) is 0 Å². The van der Waals surface area contributed by atoms with E-state index >= 15 is 0 Å². The molecule has 0 aromatic heterocycles. The summed E-state index contributed by atoms with van der Waals surface area (Å²) in [5.74, 6) is -0.324. The highest BCUT2D eigenvalue weighted by atomic mass is 16.6. The van der Waals surface area contributed by atoms with Gasteiger partial charge in [0, 0.05) is 6.07 Å². The van der Waals surface area contributed by atoms with Gasteiger partial charge in [-0.2, -0.15) is 0 Å². The number of nitrogens with zero attached hydrogens (tertiary/aromatic N) is 1. The number of hydrogen-bond donors (Lipinski definition) is 1. The van der Waals surface area contributed by atoms with Gasteiger partial charge in [0.05, 0.1) is 4.92 Å². The Morgan fingerprint density at radius 2 is 1.67 bits per heavy atom. The number of aromatic hydroxyl groups is 1. The normalized spacial score (nSPS) is 10.7. The second kappa shape index (κ2) is 5.14. The zero-order chi connectivity index (χ0) is 13.0. The number of phenolic OH excluding ortho intramolecular Hbond substituents is 1. The minimum absolute atomic E-state index is 0.285. The van der Waals surface area contributed by atoms with Crippen molar-refractivity contribution in [3.63, 3.8) is 0 Å². The van der Waals surface area contributed by atoms with Crippen molar-refractivity contribution in [3.05, 3.63) is 69.8 Å². The van der Waals surface area contributed by atoms with Gasteiger partial charge < -0.3 is 5.11 Å². The first-order valence-corrected chi connectivity index (χ1v) is 5.37. The largest absolute Gasteiger partial charge is 0.502 e. The van der Waals surface area contributed by atoms with Crippen LogP contribution in [-0.2, 0) is 0 Å². The van der Waals surface area contributed by atoms with Crippen LogP contribution in [0.4, 0.5) is 5.69 Å². The fraction of sp³-hybridized carbons (Fsp3) is 0. The molecule has 0 atom stereocenters. The molecule has 0 saturated heterocycles. The maximum absolute atomic E-state index is 10.5. The Labute approximate surface area is 104 Å². The van der Waals surface area contributed by atoms with Crippen LogP contribution in [0.3, 0.4) is 0 Å². The second-order valence-electron chi connectivity index (χ2n) is 3.75. The molecule has 2 aromatic carbocycles. The van der Waals surface area contributed by atoms with E-state index in [4.69, 9.17) is 0 Å². The van der Waals surface area contributed by atoms with Crippen molar-refractivity contribution >= 4 is 17.8 Å². The number of nitro groups is 1. The first kappa shape index (κ1) is 11.9. The van der Waals surface area contributed by atoms with E-state index in [1.54, 1.807) is 12.1 Å². The molecule has 2 rings (SSSR count). The lowest BCUT2D eigenvalue weighted by atomic mass is 10.1. The molecule has 90 valence electrons. The molecule has 4 nitrogen and oxygen atoms in total. The molecule has 18 heavy (non-hydrogen) atoms. The topological polar surface area (TPSA) is 63.4 Å². The van der Waals surface area contributed by atoms with Crippen LogP contribution in [0.1, 0.15) is 11.1 Å². The smallest absolute Gasteiger partial charge is 0.310 e. The highest BCUT2D eigenvalue weighted by molar-refractivity contribution is 5.71. The number of benzene rings is 2. The summed E-state index contributed by atoms with van der Waals surface area (Å²) in [6.45, 7) is 0. The average Bonchev–Trinajstić information content (AvgIpc) is 2.37. The molecule has 0 heterocycles. The number of phenols is 1. The van der Waals surface area contributed by atoms with Crippen LogP contribution in [0.2, 0.25) is 0 Å². The Morgan fingerprint density at radius 3 is 2.28 bits per heavy atom. The van der Waals surface area contributed by atoms with Gasteiger partial charge in [-0.25, -0.2) is 0 Å². The number of rotatable bonds is 3. The molecule has 0 amide bonds. The van der Waals surface area contributed by atoms with E-state index in [0.717, 1.165) is 5.56 Å². The monoisotopic (exact) mass is 241 g/mol. The third-order valence-corrected chi connectivity index (χ3v) is 2.46. The van der Waals surface area contributed by atoms with Crippen LogP contribution in [0.15, 0.2) is 48.5 Å². The lowest BCUT2D eigenvalue weighted by molar-refractivity contribution is -0.385. The first-order chi connectivity index (χ1) is 8.66. The molecule has 0 radical (unpaired) electrons. The summed E-state index contributed by atoms with van der Waals surface area (Å²) < 4.78 is 0. The molecule has 0 fully saturated rings. The lowest BCUT2D eigenvalue weighted by Gasteiger charge is -1.98. The van der Waals surface area contributed by atoms with Crippen molar-refractivity contribution in [1.82, 2.24) is 0 Å². The van der Waals surface area contributed by atoms with Crippen molar-refractivity contribution in [3.8, 4) is 5.75 Å². The van der Waals surface area contributed by atoms with Crippen molar-refractivity contribution in [2.24, 2.45) is 0 Å². The van der Waals surface area contributed by atoms with E-state index < -0.39 is 4.92 Å². The lowest BCUT2D eigenvalue weighted by Crippen LogP contribution is -1.88. The van der Waals surface area contributed by atoms with Gasteiger partial charge in [0.25, 0.3) is 0 Å². The van der Waals surface area contributed by atoms with Crippen LogP contribution >= 0.6 is 0 Å². The van der Waals surface area contributed by atoms with Crippen LogP contribution in [-0.4, -0.2) is 10.0 Å². The number of nitro benzene ring substituents is 1. The highest BCUT2D eigenvalue weighted by Crippen LogP contribution is 2.26. The van der Waals surface area contributed by atoms with Crippen molar-refractivity contribution in [2.75, 3.05) is 0 Å². The van der Waals surface area contributed by atoms with E-state index in [1.165, 1.54) is 12.1 Å². The van der Waals surface area contributed by atoms with Crippen LogP contribution in [0.5, 0.6) is 5.75 Å². The SMILES string of the molecule is O=[N+]([O-])c1ccc(C=Cc2ccccc2)cc1O. The maximum Gasteiger partial charge on any atom is 0.310 e. The minimum Gasteiger partial charge on any atom is -0.502 e. The van der Waals surface area contributed by atoms with Gasteiger partial charge in [-0.1, -0.05) is 42.5 Å². The molecule has 0 bridgehead atoms. The summed E-state index contributed by atoms with van der Waals surface area (Å²) >= 11 is 0. The quantitative estimate of drug-likeness (QED) is 0.508. The van der Waals surface area contributed by atoms with Gasteiger partial charge in [0.1, 0.15) is 0 Å². The molecule has 0 spiro atoms. The van der Waals surface area contributed by atoms with Gasteiger partial charge >= 0.3 is 5.69 Å². The molecule has 4 heteroatoms. The van der Waals surface area contributed by atoms with Gasteiger partial charge in [-0.3, -0.25) is 10.1 Å². The molecule has 0 unspecified atom stereocenters. The fourth-order valence-corrected chi connectivity index (χ4v) is 1.56. The number of hydrogen-bond acceptors (Lipinski definition) is 3. The Kier molecular flexibility index (Phi) is 3.38. The van der Waals surface area contributed by atoms with E-state index in [1.807, 2.05) is 36.4 Å². The molecular formula is C14H11NO3. The third kappa shape index (κ3) is 2.74. The van der Waals surface area contributed by atoms with E-state index in [2.05, 4.69) is 0 Å². The predicted octanol–water partition coefficient (Wildman–Crippen LogP) is 3.47. The van der Waals surface area contributed by atoms with Gasteiger partial charge in [0.2, 0.25) is 0 Å². The van der Waals surface area contributed by atoms with Crippen LogP contribution in [0, 0.1) is 10.1 Å². The average molecular weight is 241 g/mol. The first-order valence-electron chi connectivity index (χ1n) is 5.37. The summed E-state index contributed by atoms with van der Waals surface area (Å²) in [5, 5.41) is 20.0. The molecular weight excluding hydrogens is 230 g/mol. The van der Waals surface area contributed by atoms with Crippen molar-refractivity contribution in [1.29, 1.82) is 0 Å². The standard InChI is InChI=1S/C14H11NO3/c16-14-10-12(8-9-13(14)15(17)18)7-6-11-4-2-1-3-5-11/h1-10,16H. The molecule has 1 N–H and O–H groups in total. The summed E-state index contributed by atoms with van der Waals surface area (Å²) in [6, 6.07) is 13.9. The Morgan fingerprint density at radius 1 is 1.00 bits per heavy atom. The molecule has 0 saturated carbocycles. The van der Waals surface area contributed by atoms with E-state index in [-0.39, 0.29) is 11.4 Å². The molecule has 0 aliphatic heterocycles. The van der Waals surface area contributed by atoms with Gasteiger partial charge in [-0.05, 0) is 23.3 Å². The molecule has 0 aliphatic rings. The third-order valence-electron chi connectivity index (χ3n) is 2.46. The maximum atomic E-state index is 10.5. The fourth-order valence-electron chi connectivity index (χ4n) is 1.56. The van der Waals surface area contributed by atoms with Gasteiger partial charge in [-0.15, -0.1) is 0 Å². The summed E-state index contributed by atoms with van der Waals surface area (Å²) in [4.78, 5) is 9.93. The summed E-state index contributed by atoms with van der Waals surface area (Å²) in [6.07, 6.45) is 3.67. The summed E-state index contributed by atoms with van der Waals surface area (Å²) in [5.41, 5.74) is 1.45. The molecule has 2 aromatic rings. The molecule has 0 aliphatic carbocycles. The summed E-state index contributed by atoms with van der Waals surface area (Å²) in [7, 11) is 0. The van der Waals surface area contributed by atoms with E-state index in [0.29, 0.717) is 5.56 Å². The van der Waals surface area contributed by atoms with Crippen LogP contribution < -0.4 is 0 Å². The highest BCUT2D eigenvalue weighted by Gasteiger charge is 2.11. The Balaban J connectivity index is 2.23. The Bertz CT molecular complexity index is 591. The van der Waals surface area contributed by atoms with E-state index in [9.17, 15) is 15.2 Å². The van der Waals surface area contributed by atoms with Crippen LogP contribution in [0.25, 0.3) is 12.2 Å². The zero-order valence-corrected chi connectivity index (χ0v) is 9.48. The second-order valence-corrected chi connectivity index (χ2v) is 3.75. The van der Waals surface area contributed by atoms with Gasteiger partial charge in [0.15, 0.2) is 5.75 Å². The van der Waals surface area contributed by atoms with Crippen molar-refractivity contribution < 1.29 is 10.0 Å². The minimum atomic E-state index is -0.611. The zero-order valence-electron chi connectivity index (χ0n) is 9.48. The Hall–Kier alpha value is -2.62.